The predicted molar refractivity (Wildman–Crippen MR) is 95.2 cm³/mol. The Labute approximate surface area is 140 Å². The number of hydrogen-bond acceptors (Lipinski definition) is 5. The number of nitrogen functional groups attached to an aromatic ring is 1. The summed E-state index contributed by atoms with van der Waals surface area (Å²) in [5.74, 6) is 1.93. The van der Waals surface area contributed by atoms with Crippen LogP contribution in [0.2, 0.25) is 0 Å². The standard InChI is InChI=1S/C18H18N4O2/c1-23-13-7-8-17(24-2)14(9-13)16-11-21-18(22-16)20-10-12-5-3-4-6-15(12)19/h3-11H,19H2,1-2H3,(H,21,22)/b20-10+. The molecule has 0 saturated carbocycles. The number of nitrogens with zero attached hydrogens (tertiary/aromatic N) is 2. The number of aromatic amines is 1. The molecule has 6 heteroatoms. The van der Waals surface area contributed by atoms with Crippen LogP contribution in [0.1, 0.15) is 5.56 Å². The van der Waals surface area contributed by atoms with Crippen LogP contribution in [0.25, 0.3) is 11.3 Å². The van der Waals surface area contributed by atoms with Crippen molar-refractivity contribution in [2.24, 2.45) is 4.99 Å². The maximum Gasteiger partial charge on any atom is 0.227 e. The van der Waals surface area contributed by atoms with Crippen LogP contribution in [0.5, 0.6) is 11.5 Å². The Morgan fingerprint density at radius 2 is 1.96 bits per heavy atom. The van der Waals surface area contributed by atoms with Crippen molar-refractivity contribution < 1.29 is 9.47 Å². The van der Waals surface area contributed by atoms with E-state index in [0.29, 0.717) is 17.4 Å². The van der Waals surface area contributed by atoms with E-state index >= 15 is 0 Å². The van der Waals surface area contributed by atoms with Crippen molar-refractivity contribution >= 4 is 17.9 Å². The fourth-order valence-electron chi connectivity index (χ4n) is 2.29. The van der Waals surface area contributed by atoms with Crippen LogP contribution in [-0.4, -0.2) is 30.4 Å². The van der Waals surface area contributed by atoms with Crippen LogP contribution in [0.3, 0.4) is 0 Å². The van der Waals surface area contributed by atoms with Gasteiger partial charge in [-0.25, -0.2) is 9.98 Å². The van der Waals surface area contributed by atoms with Crippen molar-refractivity contribution in [2.45, 2.75) is 0 Å². The number of nitrogens with two attached hydrogens (primary N) is 1. The number of imidazole rings is 1. The van der Waals surface area contributed by atoms with Gasteiger partial charge in [0, 0.05) is 29.2 Å². The minimum absolute atomic E-state index is 0.484. The molecule has 0 radical (unpaired) electrons. The summed E-state index contributed by atoms with van der Waals surface area (Å²) in [5.41, 5.74) is 8.96. The van der Waals surface area contributed by atoms with E-state index in [1.807, 2.05) is 42.5 Å². The number of para-hydroxylation sites is 1. The Morgan fingerprint density at radius 3 is 2.71 bits per heavy atom. The molecule has 0 amide bonds. The van der Waals surface area contributed by atoms with Crippen LogP contribution in [0, 0.1) is 0 Å². The molecule has 0 atom stereocenters. The number of rotatable bonds is 5. The Morgan fingerprint density at radius 1 is 1.12 bits per heavy atom. The quantitative estimate of drug-likeness (QED) is 0.556. The number of anilines is 1. The zero-order valence-electron chi connectivity index (χ0n) is 13.5. The molecule has 3 rings (SSSR count). The van der Waals surface area contributed by atoms with Gasteiger partial charge in [-0.1, -0.05) is 18.2 Å². The highest BCUT2D eigenvalue weighted by atomic mass is 16.5. The first-order valence-corrected chi connectivity index (χ1v) is 7.37. The van der Waals surface area contributed by atoms with E-state index in [1.54, 1.807) is 26.6 Å². The highest BCUT2D eigenvalue weighted by molar-refractivity contribution is 5.88. The summed E-state index contributed by atoms with van der Waals surface area (Å²) in [6, 6.07) is 13.1. The average Bonchev–Trinajstić information content (AvgIpc) is 3.09. The average molecular weight is 322 g/mol. The zero-order chi connectivity index (χ0) is 16.9. The monoisotopic (exact) mass is 322 g/mol. The molecule has 1 aromatic heterocycles. The van der Waals surface area contributed by atoms with Gasteiger partial charge in [-0.2, -0.15) is 0 Å². The first-order chi connectivity index (χ1) is 11.7. The maximum absolute atomic E-state index is 5.90. The van der Waals surface area contributed by atoms with E-state index in [0.717, 1.165) is 22.6 Å². The molecule has 1 heterocycles. The number of aromatic nitrogens is 2. The van der Waals surface area contributed by atoms with Crippen LogP contribution in [0.15, 0.2) is 53.7 Å². The van der Waals surface area contributed by atoms with Crippen LogP contribution in [0.4, 0.5) is 11.6 Å². The van der Waals surface area contributed by atoms with E-state index < -0.39 is 0 Å². The molecular weight excluding hydrogens is 304 g/mol. The fourth-order valence-corrected chi connectivity index (χ4v) is 2.29. The molecule has 0 spiro atoms. The van der Waals surface area contributed by atoms with Gasteiger partial charge < -0.3 is 20.2 Å². The molecule has 3 aromatic rings. The van der Waals surface area contributed by atoms with Crippen molar-refractivity contribution in [3.05, 3.63) is 54.2 Å². The second-order valence-electron chi connectivity index (χ2n) is 5.06. The van der Waals surface area contributed by atoms with E-state index in [2.05, 4.69) is 15.0 Å². The van der Waals surface area contributed by atoms with Crippen molar-refractivity contribution in [3.63, 3.8) is 0 Å². The first kappa shape index (κ1) is 15.6. The normalized spacial score (nSPS) is 10.9. The Hall–Kier alpha value is -3.28. The Bertz CT molecular complexity index is 871. The molecule has 2 aromatic carbocycles. The molecule has 0 fully saturated rings. The predicted octanol–water partition coefficient (Wildman–Crippen LogP) is 3.43. The molecule has 3 N–H and O–H groups in total. The molecular formula is C18H18N4O2. The second-order valence-corrected chi connectivity index (χ2v) is 5.06. The fraction of sp³-hybridized carbons (Fsp3) is 0.111. The van der Waals surface area contributed by atoms with Crippen LogP contribution < -0.4 is 15.2 Å². The summed E-state index contributed by atoms with van der Waals surface area (Å²) in [6.45, 7) is 0. The Balaban J connectivity index is 1.90. The minimum Gasteiger partial charge on any atom is -0.497 e. The highest BCUT2D eigenvalue weighted by Gasteiger charge is 2.11. The second kappa shape index (κ2) is 6.87. The number of nitrogens with one attached hydrogen (secondary N) is 1. The molecule has 24 heavy (non-hydrogen) atoms. The lowest BCUT2D eigenvalue weighted by atomic mass is 10.1. The van der Waals surface area contributed by atoms with Gasteiger partial charge in [0.05, 0.1) is 19.9 Å². The lowest BCUT2D eigenvalue weighted by Gasteiger charge is -2.08. The summed E-state index contributed by atoms with van der Waals surface area (Å²) >= 11 is 0. The van der Waals surface area contributed by atoms with E-state index in [4.69, 9.17) is 15.2 Å². The number of ether oxygens (including phenoxy) is 2. The third-order valence-corrected chi connectivity index (χ3v) is 3.57. The van der Waals surface area contributed by atoms with Gasteiger partial charge in [-0.3, -0.25) is 0 Å². The molecule has 0 unspecified atom stereocenters. The topological polar surface area (TPSA) is 85.5 Å². The van der Waals surface area contributed by atoms with Crippen LogP contribution >= 0.6 is 0 Å². The molecule has 6 nitrogen and oxygen atoms in total. The molecule has 122 valence electrons. The number of H-pyrrole nitrogens is 1. The zero-order valence-corrected chi connectivity index (χ0v) is 13.5. The summed E-state index contributed by atoms with van der Waals surface area (Å²) in [6.07, 6.45) is 3.46. The number of methoxy groups -OCH3 is 2. The summed E-state index contributed by atoms with van der Waals surface area (Å²) < 4.78 is 10.7. The van der Waals surface area contributed by atoms with E-state index in [1.165, 1.54) is 0 Å². The smallest absolute Gasteiger partial charge is 0.227 e. The van der Waals surface area contributed by atoms with E-state index in [9.17, 15) is 0 Å². The third-order valence-electron chi connectivity index (χ3n) is 3.57. The first-order valence-electron chi connectivity index (χ1n) is 7.37. The van der Waals surface area contributed by atoms with Gasteiger partial charge in [0.25, 0.3) is 0 Å². The SMILES string of the molecule is COc1ccc(OC)c(-c2c[nH]c(/N=C/c3ccccc3N)n2)c1. The molecule has 0 aliphatic carbocycles. The number of hydrogen-bond donors (Lipinski definition) is 2. The van der Waals surface area contributed by atoms with Gasteiger partial charge in [0.15, 0.2) is 0 Å². The van der Waals surface area contributed by atoms with Crippen molar-refractivity contribution in [1.29, 1.82) is 0 Å². The molecule has 0 aliphatic rings. The third kappa shape index (κ3) is 3.22. The maximum atomic E-state index is 5.90. The Kier molecular flexibility index (Phi) is 4.47. The molecule has 0 aliphatic heterocycles. The van der Waals surface area contributed by atoms with Gasteiger partial charge in [0.1, 0.15) is 11.5 Å². The van der Waals surface area contributed by atoms with Gasteiger partial charge in [-0.05, 0) is 24.3 Å². The molecule has 0 bridgehead atoms. The van der Waals surface area contributed by atoms with Crippen molar-refractivity contribution in [1.82, 2.24) is 9.97 Å². The van der Waals surface area contributed by atoms with Gasteiger partial charge >= 0.3 is 0 Å². The lowest BCUT2D eigenvalue weighted by Crippen LogP contribution is -1.91. The van der Waals surface area contributed by atoms with Crippen molar-refractivity contribution in [2.75, 3.05) is 20.0 Å². The highest BCUT2D eigenvalue weighted by Crippen LogP contribution is 2.33. The van der Waals surface area contributed by atoms with Crippen LogP contribution in [-0.2, 0) is 0 Å². The number of aliphatic imine (C=N–C) groups is 1. The summed E-state index contributed by atoms with van der Waals surface area (Å²) in [7, 11) is 3.24. The van der Waals surface area contributed by atoms with Gasteiger partial charge in [0.2, 0.25) is 5.95 Å². The van der Waals surface area contributed by atoms with Gasteiger partial charge in [-0.15, -0.1) is 0 Å². The molecule has 0 saturated heterocycles. The lowest BCUT2D eigenvalue weighted by molar-refractivity contribution is 0.404. The number of benzene rings is 2. The van der Waals surface area contributed by atoms with E-state index in [-0.39, 0.29) is 0 Å². The minimum atomic E-state index is 0.484. The van der Waals surface area contributed by atoms with Crippen molar-refractivity contribution in [3.8, 4) is 22.8 Å². The summed E-state index contributed by atoms with van der Waals surface area (Å²) in [4.78, 5) is 11.9. The summed E-state index contributed by atoms with van der Waals surface area (Å²) in [5, 5.41) is 0. The largest absolute Gasteiger partial charge is 0.497 e.